The van der Waals surface area contributed by atoms with Crippen molar-refractivity contribution < 1.29 is 23.0 Å². The molecule has 0 saturated heterocycles. The highest BCUT2D eigenvalue weighted by Gasteiger charge is 2.01. The number of halogens is 3. The van der Waals surface area contributed by atoms with Crippen LogP contribution in [0.5, 0.6) is 5.75 Å². The Balaban J connectivity index is 0.00000154. The molecule has 0 saturated carbocycles. The molecule has 1 aromatic carbocycles. The molecular formula is C21H27F3N4O2. The normalized spacial score (nSPS) is 10.4. The third-order valence-electron chi connectivity index (χ3n) is 3.40. The minimum Gasteiger partial charge on any atom is -0.366 e. The largest absolute Gasteiger partial charge is 0.366 e. The fourth-order valence-electron chi connectivity index (χ4n) is 2.06. The first-order chi connectivity index (χ1) is 14.5. The maximum atomic E-state index is 12.0. The van der Waals surface area contributed by atoms with Gasteiger partial charge in [0.2, 0.25) is 12.8 Å². The average molecular weight is 424 g/mol. The van der Waals surface area contributed by atoms with Crippen molar-refractivity contribution >= 4 is 17.4 Å². The monoisotopic (exact) mass is 424 g/mol. The van der Waals surface area contributed by atoms with E-state index in [4.69, 9.17) is 5.73 Å². The van der Waals surface area contributed by atoms with Crippen molar-refractivity contribution in [1.82, 2.24) is 9.97 Å². The number of nitrogens with one attached hydrogen (secondary N) is 1. The van der Waals surface area contributed by atoms with Crippen LogP contribution in [0, 0.1) is 0 Å². The quantitative estimate of drug-likeness (QED) is 0.443. The van der Waals surface area contributed by atoms with Crippen molar-refractivity contribution in [2.45, 2.75) is 33.6 Å². The molecule has 9 heteroatoms. The van der Waals surface area contributed by atoms with Crippen LogP contribution in [-0.2, 0) is 11.2 Å². The predicted octanol–water partition coefficient (Wildman–Crippen LogP) is 5.31. The van der Waals surface area contributed by atoms with Crippen LogP contribution in [0.3, 0.4) is 0 Å². The minimum absolute atomic E-state index is 0.134. The van der Waals surface area contributed by atoms with Gasteiger partial charge in [0, 0.05) is 34.0 Å². The summed E-state index contributed by atoms with van der Waals surface area (Å²) in [6.07, 6.45) is 8.01. The van der Waals surface area contributed by atoms with Crippen LogP contribution < -0.4 is 16.0 Å². The smallest absolute Gasteiger partial charge is 0.244 e. The van der Waals surface area contributed by atoms with Gasteiger partial charge in [0.1, 0.15) is 12.1 Å². The van der Waals surface area contributed by atoms with Crippen molar-refractivity contribution in [3.05, 3.63) is 66.2 Å². The molecule has 0 atom stereocenters. The van der Waals surface area contributed by atoms with Crippen LogP contribution >= 0.6 is 0 Å². The maximum Gasteiger partial charge on any atom is 0.244 e. The highest BCUT2D eigenvalue weighted by molar-refractivity contribution is 5.92. The number of amides is 1. The highest BCUT2D eigenvalue weighted by atomic mass is 19.3. The lowest BCUT2D eigenvalue weighted by atomic mass is 10.1. The minimum atomic E-state index is -1.75. The predicted molar refractivity (Wildman–Crippen MR) is 112 cm³/mol. The van der Waals surface area contributed by atoms with E-state index in [1.165, 1.54) is 18.5 Å². The summed E-state index contributed by atoms with van der Waals surface area (Å²) in [6.45, 7) is 4.12. The van der Waals surface area contributed by atoms with Gasteiger partial charge < -0.3 is 11.1 Å². The van der Waals surface area contributed by atoms with Gasteiger partial charge in [-0.05, 0) is 30.7 Å². The van der Waals surface area contributed by atoms with Gasteiger partial charge in [-0.15, -0.1) is 0 Å². The molecule has 0 aliphatic heterocycles. The van der Waals surface area contributed by atoms with Crippen LogP contribution in [0.4, 0.5) is 24.8 Å². The summed E-state index contributed by atoms with van der Waals surface area (Å²) in [7, 11) is 0. The van der Waals surface area contributed by atoms with E-state index >= 15 is 0 Å². The summed E-state index contributed by atoms with van der Waals surface area (Å²) >= 11 is 0. The molecular weight excluding hydrogens is 397 g/mol. The number of hydrogen-bond acceptors (Lipinski definition) is 5. The first-order valence-corrected chi connectivity index (χ1v) is 9.28. The Labute approximate surface area is 174 Å². The molecule has 0 unspecified atom stereocenters. The molecule has 0 aliphatic rings. The Morgan fingerprint density at radius 1 is 1.20 bits per heavy atom. The molecule has 164 valence electrons. The molecule has 3 N–H and O–H groups in total. The third-order valence-corrected chi connectivity index (χ3v) is 3.40. The molecule has 0 aliphatic carbocycles. The standard InChI is InChI=1S/C18H19FN4O2.C2H6.CH2F2/c1-2-13(18(20)24)5-3-4-6-15-11-17(22-12-21-15)23-14-7-9-16(25-19)10-8-14;1-2;2-1-3/h3-5,7-12H,2,6H2,1H3,(H2,20,24)(H,21,22,23);1-2H3;1H2/b4-3-,13-5+;;. The number of hydrogen-bond donors (Lipinski definition) is 2. The van der Waals surface area contributed by atoms with Gasteiger partial charge in [-0.25, -0.2) is 18.7 Å². The molecule has 1 amide bonds. The van der Waals surface area contributed by atoms with Gasteiger partial charge in [-0.1, -0.05) is 39.0 Å². The molecule has 1 aromatic heterocycles. The number of carbonyl (C=O) groups is 1. The Kier molecular flexibility index (Phi) is 14.7. The Hall–Kier alpha value is -3.36. The maximum absolute atomic E-state index is 12.0. The molecule has 2 aromatic rings. The van der Waals surface area contributed by atoms with E-state index in [1.54, 1.807) is 24.3 Å². The number of nitrogens with two attached hydrogens (primary N) is 1. The number of anilines is 2. The molecule has 0 fully saturated rings. The van der Waals surface area contributed by atoms with Gasteiger partial charge in [-0.3, -0.25) is 9.74 Å². The van der Waals surface area contributed by atoms with E-state index in [0.29, 0.717) is 24.2 Å². The number of benzene rings is 1. The average Bonchev–Trinajstić information content (AvgIpc) is 2.76. The molecule has 0 spiro atoms. The second-order valence-corrected chi connectivity index (χ2v) is 5.26. The van der Waals surface area contributed by atoms with E-state index in [1.807, 2.05) is 32.9 Å². The zero-order chi connectivity index (χ0) is 22.8. The van der Waals surface area contributed by atoms with E-state index < -0.39 is 12.8 Å². The summed E-state index contributed by atoms with van der Waals surface area (Å²) in [6, 6.07) is 8.17. The van der Waals surface area contributed by atoms with Gasteiger partial charge in [0.05, 0.1) is 0 Å². The number of rotatable bonds is 8. The molecule has 30 heavy (non-hydrogen) atoms. The van der Waals surface area contributed by atoms with Crippen LogP contribution in [0.15, 0.2) is 60.5 Å². The number of nitrogens with zero attached hydrogens (tertiary/aromatic N) is 2. The summed E-state index contributed by atoms with van der Waals surface area (Å²) in [5, 5.41) is 3.10. The Morgan fingerprint density at radius 2 is 1.83 bits per heavy atom. The molecule has 0 radical (unpaired) electrons. The van der Waals surface area contributed by atoms with E-state index in [-0.39, 0.29) is 5.75 Å². The summed E-state index contributed by atoms with van der Waals surface area (Å²) in [5.41, 5.74) is 7.38. The molecule has 0 bridgehead atoms. The summed E-state index contributed by atoms with van der Waals surface area (Å²) < 4.78 is 31.3. The lowest BCUT2D eigenvalue weighted by Gasteiger charge is -2.06. The number of aromatic nitrogens is 2. The number of alkyl halides is 2. The fourth-order valence-corrected chi connectivity index (χ4v) is 2.06. The lowest BCUT2D eigenvalue weighted by molar-refractivity contribution is -0.114. The van der Waals surface area contributed by atoms with Crippen molar-refractivity contribution in [3.8, 4) is 5.75 Å². The van der Waals surface area contributed by atoms with Crippen LogP contribution in [0.1, 0.15) is 32.9 Å². The lowest BCUT2D eigenvalue weighted by Crippen LogP contribution is -2.12. The number of primary amides is 1. The molecule has 1 heterocycles. The van der Waals surface area contributed by atoms with Crippen molar-refractivity contribution in [3.63, 3.8) is 0 Å². The second-order valence-electron chi connectivity index (χ2n) is 5.26. The molecule has 2 rings (SSSR count). The van der Waals surface area contributed by atoms with Crippen molar-refractivity contribution in [2.75, 3.05) is 12.2 Å². The zero-order valence-corrected chi connectivity index (χ0v) is 17.2. The van der Waals surface area contributed by atoms with E-state index in [0.717, 1.165) is 11.4 Å². The van der Waals surface area contributed by atoms with Crippen LogP contribution in [0.25, 0.3) is 0 Å². The van der Waals surface area contributed by atoms with Gasteiger partial charge in [0.25, 0.3) is 0 Å². The van der Waals surface area contributed by atoms with E-state index in [2.05, 4.69) is 20.2 Å². The van der Waals surface area contributed by atoms with Gasteiger partial charge >= 0.3 is 0 Å². The van der Waals surface area contributed by atoms with Crippen molar-refractivity contribution in [2.24, 2.45) is 5.73 Å². The second kappa shape index (κ2) is 16.6. The number of carbonyl (C=O) groups excluding carboxylic acids is 1. The highest BCUT2D eigenvalue weighted by Crippen LogP contribution is 2.19. The Morgan fingerprint density at radius 3 is 2.37 bits per heavy atom. The number of allylic oxidation sites excluding steroid dienone is 3. The van der Waals surface area contributed by atoms with E-state index in [9.17, 15) is 18.1 Å². The fraction of sp³-hybridized carbons (Fsp3) is 0.286. The first-order valence-electron chi connectivity index (χ1n) is 9.28. The van der Waals surface area contributed by atoms with Crippen LogP contribution in [0.2, 0.25) is 0 Å². The summed E-state index contributed by atoms with van der Waals surface area (Å²) in [4.78, 5) is 23.1. The summed E-state index contributed by atoms with van der Waals surface area (Å²) in [5.74, 6) is 0.341. The van der Waals surface area contributed by atoms with Gasteiger partial charge in [-0.2, -0.15) is 0 Å². The Bertz CT molecular complexity index is 797. The zero-order valence-electron chi connectivity index (χ0n) is 17.2. The third kappa shape index (κ3) is 10.8. The topological polar surface area (TPSA) is 90.1 Å². The molecule has 6 nitrogen and oxygen atoms in total. The van der Waals surface area contributed by atoms with Crippen molar-refractivity contribution in [1.29, 1.82) is 0 Å². The SMILES string of the molecule is CC.CC/C(=C\C=C/Cc1cc(Nc2ccc(OF)cc2)ncn1)C(N)=O.FCF. The van der Waals surface area contributed by atoms with Gasteiger partial charge in [0.15, 0.2) is 5.75 Å². The van der Waals surface area contributed by atoms with Crippen LogP contribution in [-0.4, -0.2) is 22.8 Å². The first kappa shape index (κ1) is 26.6.